The first-order chi connectivity index (χ1) is 27.5. The Labute approximate surface area is 337 Å². The Morgan fingerprint density at radius 1 is 0.875 bits per heavy atom. The summed E-state index contributed by atoms with van der Waals surface area (Å²) >= 11 is -1.78. The fraction of sp³-hybridized carbons (Fsp3) is 0.229. The van der Waals surface area contributed by atoms with E-state index in [4.69, 9.17) is 20.6 Å². The van der Waals surface area contributed by atoms with E-state index >= 15 is 0 Å². The summed E-state index contributed by atoms with van der Waals surface area (Å²) in [5, 5.41) is 14.5. The maximum atomic E-state index is 9.99. The van der Waals surface area contributed by atoms with Crippen molar-refractivity contribution >= 4 is 35.1 Å². The van der Waals surface area contributed by atoms with Crippen molar-refractivity contribution in [2.45, 2.75) is 51.0 Å². The van der Waals surface area contributed by atoms with E-state index in [2.05, 4.69) is 91.9 Å². The standard InChI is InChI=1S/C48H47IN6O/c1-4-44-49(46-45(53-44)33(2)30-40(52-46)28-29-56-3)32-36-25-24-34-31-35(26-27-41(34)36)42-22-14-15-23-43(42)47(50)55(54-51)48(37-16-8-5-9-17-37,38-18-10-6-11-19-38)39-20-12-7-13-21-39/h5-23,26-27,30-31,36,50-51H,4,24-25,28-29,32H2,1-3H3/p+1/t36-/m1/s1. The first-order valence-electron chi connectivity index (χ1n) is 19.4. The molecule has 3 N–H and O–H groups in total. The van der Waals surface area contributed by atoms with Crippen molar-refractivity contribution in [3.05, 3.63) is 188 Å². The van der Waals surface area contributed by atoms with E-state index in [1.165, 1.54) is 24.1 Å². The molecule has 1 atom stereocenters. The quantitative estimate of drug-likeness (QED) is 0.0123. The van der Waals surface area contributed by atoms with Gasteiger partial charge in [-0.15, -0.1) is 0 Å². The topological polar surface area (TPSA) is 99.7 Å². The number of pyridine rings is 1. The number of alkyl halides is 1. The van der Waals surface area contributed by atoms with Crippen LogP contribution in [0.25, 0.3) is 11.1 Å². The third kappa shape index (κ3) is 6.79. The monoisotopic (exact) mass is 851 g/mol. The zero-order valence-electron chi connectivity index (χ0n) is 32.3. The number of nitrogens with two attached hydrogens (primary N) is 1. The maximum absolute atomic E-state index is 9.99. The molecule has 282 valence electrons. The molecule has 1 aliphatic carbocycles. The van der Waals surface area contributed by atoms with Gasteiger partial charge in [-0.25, -0.2) is 0 Å². The number of methoxy groups -OCH3 is 1. The fourth-order valence-electron chi connectivity index (χ4n) is 8.49. The van der Waals surface area contributed by atoms with Gasteiger partial charge >= 0.3 is 248 Å². The number of benzene rings is 5. The normalized spacial score (nSPS) is 15.7. The Kier molecular flexibility index (Phi) is 11.0. The average Bonchev–Trinajstić information content (AvgIpc) is 3.83. The first-order valence-corrected chi connectivity index (χ1v) is 23.1. The second kappa shape index (κ2) is 16.4. The number of ether oxygens (including phenoxy) is 1. The number of rotatable bonds is 12. The third-order valence-corrected chi connectivity index (χ3v) is 17.6. The Bertz CT molecular complexity index is 2330. The number of nitrogens with zero attached hydrogens (tertiary/aromatic N) is 4. The number of hydrogen-bond donors (Lipinski definition) is 2. The van der Waals surface area contributed by atoms with Crippen LogP contribution < -0.4 is 5.84 Å². The van der Waals surface area contributed by atoms with Crippen LogP contribution in [0.2, 0.25) is 0 Å². The second-order valence-corrected chi connectivity index (χ2v) is 19.7. The number of fused-ring (bicyclic) bond motifs is 2. The van der Waals surface area contributed by atoms with E-state index in [1.807, 2.05) is 66.7 Å². The first kappa shape index (κ1) is 37.6. The molecule has 0 fully saturated rings. The molecule has 0 saturated carbocycles. The van der Waals surface area contributed by atoms with Gasteiger partial charge in [-0.3, -0.25) is 0 Å². The molecule has 7 nitrogen and oxygen atoms in total. The van der Waals surface area contributed by atoms with Crippen molar-refractivity contribution in [2.75, 3.05) is 18.1 Å². The Morgan fingerprint density at radius 2 is 1.50 bits per heavy atom. The van der Waals surface area contributed by atoms with Crippen molar-refractivity contribution in [3.8, 4) is 11.1 Å². The van der Waals surface area contributed by atoms with Crippen LogP contribution in [-0.2, 0) is 23.1 Å². The molecule has 8 heteroatoms. The van der Waals surface area contributed by atoms with E-state index < -0.39 is 25.4 Å². The second-order valence-electron chi connectivity index (χ2n) is 14.4. The summed E-state index contributed by atoms with van der Waals surface area (Å²) in [6.07, 6.45) is 3.98. The Morgan fingerprint density at radius 3 is 2.11 bits per heavy atom. The van der Waals surface area contributed by atoms with Gasteiger partial charge in [-0.2, -0.15) is 0 Å². The molecule has 0 spiro atoms. The van der Waals surface area contributed by atoms with Gasteiger partial charge in [-0.05, 0) is 0 Å². The van der Waals surface area contributed by atoms with Crippen LogP contribution in [0.3, 0.4) is 0 Å². The van der Waals surface area contributed by atoms with Gasteiger partial charge in [-0.1, -0.05) is 91.0 Å². The molecule has 1 aromatic heterocycles. The zero-order valence-corrected chi connectivity index (χ0v) is 34.4. The summed E-state index contributed by atoms with van der Waals surface area (Å²) < 4.78 is 10.9. The molecule has 0 saturated heterocycles. The molecular formula is C48H48IN6O+. The van der Waals surface area contributed by atoms with E-state index in [0.29, 0.717) is 12.5 Å². The van der Waals surface area contributed by atoms with Gasteiger partial charge < -0.3 is 0 Å². The van der Waals surface area contributed by atoms with Gasteiger partial charge in [0.2, 0.25) is 0 Å². The van der Waals surface area contributed by atoms with Crippen LogP contribution in [0.1, 0.15) is 70.3 Å². The summed E-state index contributed by atoms with van der Waals surface area (Å²) in [5.41, 5.74) is 11.0. The summed E-state index contributed by atoms with van der Waals surface area (Å²) in [4.78, 5) is 10.4. The van der Waals surface area contributed by atoms with Crippen LogP contribution in [0.15, 0.2) is 150 Å². The van der Waals surface area contributed by atoms with Crippen molar-refractivity contribution < 1.29 is 9.43 Å². The number of aryl methyl sites for hydroxylation is 2. The van der Waals surface area contributed by atoms with Gasteiger partial charge in [0.15, 0.2) is 0 Å². The van der Waals surface area contributed by atoms with E-state index in [-0.39, 0.29) is 5.84 Å². The van der Waals surface area contributed by atoms with Crippen LogP contribution in [0, 0.1) is 16.0 Å². The van der Waals surface area contributed by atoms with Crippen molar-refractivity contribution in [1.29, 1.82) is 5.41 Å². The molecular weight excluding hydrogens is 803 g/mol. The van der Waals surface area contributed by atoms with E-state index in [1.54, 1.807) is 11.8 Å². The van der Waals surface area contributed by atoms with Crippen molar-refractivity contribution in [2.24, 2.45) is 16.1 Å². The SMILES string of the molecule is CCC1=Nc2c(C)cc(CCOC)nc2I1C[C@H]1CCc2cc(-c3ccccc3C(=N)[N+](=NN)C(c3ccccc3)(c3ccccc3)c3ccccc3)ccc21. The average molecular weight is 852 g/mol. The number of aromatic nitrogens is 1. The minimum atomic E-state index is -1.78. The molecule has 2 aliphatic rings. The summed E-state index contributed by atoms with van der Waals surface area (Å²) in [6.45, 7) is 5.11. The molecule has 0 unspecified atom stereocenters. The zero-order chi connectivity index (χ0) is 38.6. The molecule has 8 rings (SSSR count). The Balaban J connectivity index is 1.15. The molecule has 6 aromatic rings. The molecule has 0 amide bonds. The van der Waals surface area contributed by atoms with Crippen LogP contribution >= 0.6 is 19.8 Å². The summed E-state index contributed by atoms with van der Waals surface area (Å²) in [5.74, 6) is 7.13. The molecule has 56 heavy (non-hydrogen) atoms. The molecule has 1 aliphatic heterocycles. The summed E-state index contributed by atoms with van der Waals surface area (Å²) in [7, 11) is 1.75. The number of nitrogens with one attached hydrogen (secondary N) is 1. The summed E-state index contributed by atoms with van der Waals surface area (Å²) in [6, 6.07) is 48.1. The number of amidine groups is 1. The Hall–Kier alpha value is -5.32. The van der Waals surface area contributed by atoms with Crippen molar-refractivity contribution in [3.63, 3.8) is 0 Å². The molecule has 0 radical (unpaired) electrons. The van der Waals surface area contributed by atoms with E-state index in [9.17, 15) is 5.41 Å². The number of halogens is 1. The number of aliphatic imine (C=N–C) groups is 1. The fourth-order valence-corrected chi connectivity index (χ4v) is 15.2. The van der Waals surface area contributed by atoms with Crippen molar-refractivity contribution in [1.82, 2.24) is 4.98 Å². The van der Waals surface area contributed by atoms with Gasteiger partial charge in [0, 0.05) is 0 Å². The predicted molar refractivity (Wildman–Crippen MR) is 235 cm³/mol. The van der Waals surface area contributed by atoms with Gasteiger partial charge in [0.05, 0.1) is 0 Å². The number of hydrogen-bond acceptors (Lipinski definition) is 5. The molecule has 0 bridgehead atoms. The van der Waals surface area contributed by atoms with Gasteiger partial charge in [0.1, 0.15) is 0 Å². The van der Waals surface area contributed by atoms with E-state index in [0.717, 1.165) is 74.9 Å². The van der Waals surface area contributed by atoms with Gasteiger partial charge in [0.25, 0.3) is 0 Å². The van der Waals surface area contributed by atoms with Crippen LogP contribution in [-0.4, -0.2) is 37.4 Å². The van der Waals surface area contributed by atoms with Crippen LogP contribution in [0.5, 0.6) is 0 Å². The minimum absolute atomic E-state index is 0.212. The predicted octanol–water partition coefficient (Wildman–Crippen LogP) is 10.8. The molecule has 5 aromatic carbocycles. The third-order valence-electron chi connectivity index (χ3n) is 11.2. The molecule has 2 heterocycles. The van der Waals surface area contributed by atoms with Crippen LogP contribution in [0.4, 0.5) is 5.69 Å².